The SMILES string of the molecule is C=C(c1ccc(F)nc1)C(F)(F)F. The van der Waals surface area contributed by atoms with E-state index in [4.69, 9.17) is 0 Å². The van der Waals surface area contributed by atoms with Gasteiger partial charge in [-0.1, -0.05) is 6.58 Å². The Bertz CT molecular complexity index is 312. The van der Waals surface area contributed by atoms with Gasteiger partial charge in [0.2, 0.25) is 5.95 Å². The summed E-state index contributed by atoms with van der Waals surface area (Å²) < 4.78 is 48.3. The van der Waals surface area contributed by atoms with E-state index in [1.807, 2.05) is 0 Å². The van der Waals surface area contributed by atoms with Gasteiger partial charge in [-0.2, -0.15) is 17.6 Å². The Hall–Kier alpha value is -1.39. The molecular formula is C8H5F4N. The minimum absolute atomic E-state index is 0.228. The number of allylic oxidation sites excluding steroid dienone is 1. The summed E-state index contributed by atoms with van der Waals surface area (Å²) >= 11 is 0. The van der Waals surface area contributed by atoms with Gasteiger partial charge < -0.3 is 0 Å². The van der Waals surface area contributed by atoms with Gasteiger partial charge in [0.15, 0.2) is 0 Å². The highest BCUT2D eigenvalue weighted by atomic mass is 19.4. The summed E-state index contributed by atoms with van der Waals surface area (Å²) in [5.41, 5.74) is -1.26. The molecule has 0 N–H and O–H groups in total. The summed E-state index contributed by atoms with van der Waals surface area (Å²) in [5, 5.41) is 0. The summed E-state index contributed by atoms with van der Waals surface area (Å²) in [4.78, 5) is 3.09. The third-order valence-electron chi connectivity index (χ3n) is 1.42. The van der Waals surface area contributed by atoms with Crippen molar-refractivity contribution in [3.8, 4) is 0 Å². The molecule has 0 bridgehead atoms. The molecule has 0 spiro atoms. The molecule has 0 aliphatic heterocycles. The number of hydrogen-bond donors (Lipinski definition) is 0. The van der Waals surface area contributed by atoms with Crippen LogP contribution >= 0.6 is 0 Å². The molecule has 0 aliphatic rings. The normalized spacial score (nSPS) is 11.4. The molecule has 5 heteroatoms. The second-order valence-electron chi connectivity index (χ2n) is 2.35. The van der Waals surface area contributed by atoms with Crippen LogP contribution in [0.2, 0.25) is 0 Å². The van der Waals surface area contributed by atoms with E-state index in [9.17, 15) is 17.6 Å². The third kappa shape index (κ3) is 2.27. The summed E-state index contributed by atoms with van der Waals surface area (Å²) in [5.74, 6) is -0.821. The van der Waals surface area contributed by atoms with Crippen LogP contribution < -0.4 is 0 Å². The smallest absolute Gasteiger partial charge is 0.228 e. The molecule has 0 aliphatic carbocycles. The highest BCUT2D eigenvalue weighted by Gasteiger charge is 2.32. The first-order valence-electron chi connectivity index (χ1n) is 3.29. The molecule has 1 rings (SSSR count). The zero-order valence-electron chi connectivity index (χ0n) is 6.40. The maximum Gasteiger partial charge on any atom is 0.416 e. The van der Waals surface area contributed by atoms with E-state index in [0.717, 1.165) is 18.3 Å². The van der Waals surface area contributed by atoms with Crippen LogP contribution in [0.5, 0.6) is 0 Å². The monoisotopic (exact) mass is 191 g/mol. The van der Waals surface area contributed by atoms with E-state index in [-0.39, 0.29) is 5.56 Å². The van der Waals surface area contributed by atoms with E-state index in [2.05, 4.69) is 11.6 Å². The van der Waals surface area contributed by atoms with E-state index >= 15 is 0 Å². The third-order valence-corrected chi connectivity index (χ3v) is 1.42. The zero-order valence-corrected chi connectivity index (χ0v) is 6.40. The van der Waals surface area contributed by atoms with Gasteiger partial charge >= 0.3 is 6.18 Å². The van der Waals surface area contributed by atoms with Crippen LogP contribution in [0.4, 0.5) is 17.6 Å². The van der Waals surface area contributed by atoms with Gasteiger partial charge in [-0.25, -0.2) is 4.98 Å². The average Bonchev–Trinajstić information content (AvgIpc) is 2.03. The summed E-state index contributed by atoms with van der Waals surface area (Å²) in [7, 11) is 0. The number of aromatic nitrogens is 1. The Balaban J connectivity index is 2.97. The van der Waals surface area contributed by atoms with Crippen LogP contribution in [-0.2, 0) is 0 Å². The molecular weight excluding hydrogens is 186 g/mol. The van der Waals surface area contributed by atoms with Crippen molar-refractivity contribution in [3.63, 3.8) is 0 Å². The molecule has 70 valence electrons. The number of rotatable bonds is 1. The maximum atomic E-state index is 12.2. The molecule has 1 aromatic heterocycles. The van der Waals surface area contributed by atoms with Gasteiger partial charge in [0.25, 0.3) is 0 Å². The molecule has 0 atom stereocenters. The lowest BCUT2D eigenvalue weighted by molar-refractivity contribution is -0.0686. The fourth-order valence-electron chi connectivity index (χ4n) is 0.718. The topological polar surface area (TPSA) is 12.9 Å². The van der Waals surface area contributed by atoms with E-state index in [0.29, 0.717) is 0 Å². The molecule has 0 saturated carbocycles. The number of nitrogens with zero attached hydrogens (tertiary/aromatic N) is 1. The second-order valence-corrected chi connectivity index (χ2v) is 2.35. The first-order chi connectivity index (χ1) is 5.91. The van der Waals surface area contributed by atoms with Crippen molar-refractivity contribution in [2.45, 2.75) is 6.18 Å². The number of hydrogen-bond acceptors (Lipinski definition) is 1. The Morgan fingerprint density at radius 2 is 1.92 bits per heavy atom. The molecule has 0 radical (unpaired) electrons. The van der Waals surface area contributed by atoms with Crippen molar-refractivity contribution >= 4 is 5.57 Å². The Kier molecular flexibility index (Phi) is 2.36. The lowest BCUT2D eigenvalue weighted by Crippen LogP contribution is -2.09. The zero-order chi connectivity index (χ0) is 10.1. The molecule has 1 heterocycles. The van der Waals surface area contributed by atoms with Gasteiger partial charge in [-0.05, 0) is 12.1 Å². The molecule has 0 aromatic carbocycles. The predicted octanol–water partition coefficient (Wildman–Crippen LogP) is 2.80. The van der Waals surface area contributed by atoms with Crippen molar-refractivity contribution in [3.05, 3.63) is 36.4 Å². The number of alkyl halides is 3. The lowest BCUT2D eigenvalue weighted by Gasteiger charge is -2.08. The van der Waals surface area contributed by atoms with Crippen LogP contribution in [0.15, 0.2) is 24.9 Å². The standard InChI is InChI=1S/C8H5F4N/c1-5(8(10,11)12)6-2-3-7(9)13-4-6/h2-4H,1H2. The van der Waals surface area contributed by atoms with Crippen LogP contribution in [0, 0.1) is 5.95 Å². The fourth-order valence-corrected chi connectivity index (χ4v) is 0.718. The van der Waals surface area contributed by atoms with Crippen LogP contribution in [0.1, 0.15) is 5.56 Å². The van der Waals surface area contributed by atoms with Gasteiger partial charge in [-0.3, -0.25) is 0 Å². The van der Waals surface area contributed by atoms with Gasteiger partial charge in [0.05, 0.1) is 5.57 Å². The Morgan fingerprint density at radius 1 is 1.31 bits per heavy atom. The predicted molar refractivity (Wildman–Crippen MR) is 39.3 cm³/mol. The van der Waals surface area contributed by atoms with Gasteiger partial charge in [-0.15, -0.1) is 0 Å². The molecule has 0 fully saturated rings. The molecule has 1 aromatic rings. The Labute approximate surface area is 71.7 Å². The van der Waals surface area contributed by atoms with E-state index in [1.165, 1.54) is 0 Å². The van der Waals surface area contributed by atoms with Crippen molar-refractivity contribution in [2.24, 2.45) is 0 Å². The Morgan fingerprint density at radius 3 is 2.31 bits per heavy atom. The largest absolute Gasteiger partial charge is 0.416 e. The van der Waals surface area contributed by atoms with Crippen LogP contribution in [-0.4, -0.2) is 11.2 Å². The summed E-state index contributed by atoms with van der Waals surface area (Å²) in [6, 6.07) is 1.84. The molecule has 0 amide bonds. The average molecular weight is 191 g/mol. The first-order valence-corrected chi connectivity index (χ1v) is 3.29. The molecule has 0 saturated heterocycles. The minimum Gasteiger partial charge on any atom is -0.228 e. The summed E-state index contributed by atoms with van der Waals surface area (Å²) in [6.45, 7) is 2.84. The number of pyridine rings is 1. The van der Waals surface area contributed by atoms with Crippen molar-refractivity contribution < 1.29 is 17.6 Å². The van der Waals surface area contributed by atoms with Crippen molar-refractivity contribution in [1.82, 2.24) is 4.98 Å². The lowest BCUT2D eigenvalue weighted by atomic mass is 10.1. The fraction of sp³-hybridized carbons (Fsp3) is 0.125. The maximum absolute atomic E-state index is 12.2. The quantitative estimate of drug-likeness (QED) is 0.491. The van der Waals surface area contributed by atoms with Gasteiger partial charge in [0, 0.05) is 11.8 Å². The van der Waals surface area contributed by atoms with Crippen molar-refractivity contribution in [1.29, 1.82) is 0 Å². The van der Waals surface area contributed by atoms with Crippen LogP contribution in [0.25, 0.3) is 5.57 Å². The molecule has 13 heavy (non-hydrogen) atoms. The molecule has 0 unspecified atom stereocenters. The molecule has 1 nitrogen and oxygen atoms in total. The van der Waals surface area contributed by atoms with Gasteiger partial charge in [0.1, 0.15) is 0 Å². The van der Waals surface area contributed by atoms with Crippen molar-refractivity contribution in [2.75, 3.05) is 0 Å². The van der Waals surface area contributed by atoms with E-state index < -0.39 is 17.7 Å². The van der Waals surface area contributed by atoms with E-state index in [1.54, 1.807) is 0 Å². The highest BCUT2D eigenvalue weighted by molar-refractivity contribution is 5.66. The first kappa shape index (κ1) is 9.70. The second kappa shape index (κ2) is 3.16. The minimum atomic E-state index is -4.50. The highest BCUT2D eigenvalue weighted by Crippen LogP contribution is 2.31. The van der Waals surface area contributed by atoms with Crippen LogP contribution in [0.3, 0.4) is 0 Å². The number of halogens is 4. The summed E-state index contributed by atoms with van der Waals surface area (Å²) in [6.07, 6.45) is -3.70.